The minimum atomic E-state index is -2.45. The number of rotatable bonds is 5. The second-order valence-corrected chi connectivity index (χ2v) is 12.5. The maximum absolute atomic E-state index is 12.1. The highest BCUT2D eigenvalue weighted by Gasteiger charge is 2.29. The smallest absolute Gasteiger partial charge is 0.229 e. The van der Waals surface area contributed by atoms with E-state index in [1.165, 1.54) is 48.2 Å². The van der Waals surface area contributed by atoms with E-state index >= 15 is 0 Å². The number of nitriles is 1. The van der Waals surface area contributed by atoms with Crippen molar-refractivity contribution in [1.29, 1.82) is 5.26 Å². The van der Waals surface area contributed by atoms with Crippen LogP contribution in [0.15, 0.2) is 34.8 Å². The Labute approximate surface area is 216 Å². The van der Waals surface area contributed by atoms with Crippen molar-refractivity contribution in [3.8, 4) is 6.07 Å². The lowest BCUT2D eigenvalue weighted by molar-refractivity contribution is 0.266. The third-order valence-corrected chi connectivity index (χ3v) is 7.18. The summed E-state index contributed by atoms with van der Waals surface area (Å²) in [6.07, 6.45) is 8.00. The molecule has 2 aromatic heterocycles. The minimum Gasteiger partial charge on any atom is -0.324 e. The number of likely N-dealkylation sites (N-methyl/N-ethyl adjacent to an activating group) is 1. The van der Waals surface area contributed by atoms with E-state index in [0.717, 1.165) is 25.2 Å². The summed E-state index contributed by atoms with van der Waals surface area (Å²) in [4.78, 5) is 15.6. The molecule has 2 aliphatic rings. The largest absolute Gasteiger partial charge is 0.324 e. The molecule has 0 saturated carbocycles. The van der Waals surface area contributed by atoms with Gasteiger partial charge in [0.2, 0.25) is 5.95 Å². The number of benzene rings is 1. The van der Waals surface area contributed by atoms with Crippen LogP contribution in [0.25, 0.3) is 0 Å². The van der Waals surface area contributed by atoms with Crippen LogP contribution in [0.3, 0.4) is 0 Å². The highest BCUT2D eigenvalue weighted by Crippen LogP contribution is 2.40. The monoisotopic (exact) mass is 522 g/mol. The summed E-state index contributed by atoms with van der Waals surface area (Å²) in [7, 11) is -0.281. The second kappa shape index (κ2) is 9.65. The molecule has 0 amide bonds. The molecular formula is C25H27ClN8OS. The van der Waals surface area contributed by atoms with Gasteiger partial charge in [0, 0.05) is 41.0 Å². The molecule has 0 fully saturated rings. The van der Waals surface area contributed by atoms with Gasteiger partial charge in [-0.1, -0.05) is 11.6 Å². The van der Waals surface area contributed by atoms with Crippen molar-refractivity contribution in [1.82, 2.24) is 19.9 Å². The molecular weight excluding hydrogens is 496 g/mol. The molecule has 0 spiro atoms. The number of hydrogen-bond donors (Lipinski definition) is 2. The molecule has 36 heavy (non-hydrogen) atoms. The van der Waals surface area contributed by atoms with Crippen LogP contribution in [-0.4, -0.2) is 50.2 Å². The summed E-state index contributed by atoms with van der Waals surface area (Å²) in [6.45, 7) is 2.04. The van der Waals surface area contributed by atoms with E-state index in [1.807, 2.05) is 0 Å². The van der Waals surface area contributed by atoms with E-state index < -0.39 is 9.73 Å². The van der Waals surface area contributed by atoms with E-state index in [2.05, 4.69) is 60.1 Å². The fraction of sp³-hybridized carbons (Fsp3) is 0.360. The molecule has 5 rings (SSSR count). The van der Waals surface area contributed by atoms with Crippen molar-refractivity contribution >= 4 is 50.4 Å². The molecule has 3 aromatic rings. The van der Waals surface area contributed by atoms with Crippen LogP contribution >= 0.6 is 11.6 Å². The quantitative estimate of drug-likeness (QED) is 0.474. The molecule has 1 unspecified atom stereocenters. The van der Waals surface area contributed by atoms with Crippen molar-refractivity contribution in [2.75, 3.05) is 36.7 Å². The zero-order valence-electron chi connectivity index (χ0n) is 20.4. The van der Waals surface area contributed by atoms with E-state index in [4.69, 9.17) is 11.6 Å². The Morgan fingerprint density at radius 2 is 2.03 bits per heavy atom. The maximum atomic E-state index is 12.1. The molecule has 11 heteroatoms. The molecule has 1 atom stereocenters. The Balaban J connectivity index is 1.45. The van der Waals surface area contributed by atoms with Crippen LogP contribution in [-0.2, 0) is 22.7 Å². The minimum absolute atomic E-state index is 0.161. The first-order valence-electron chi connectivity index (χ1n) is 11.7. The number of hydrogen-bond acceptors (Lipinski definition) is 9. The Bertz CT molecular complexity index is 1500. The van der Waals surface area contributed by atoms with Gasteiger partial charge in [-0.3, -0.25) is 0 Å². The lowest BCUT2D eigenvalue weighted by Crippen LogP contribution is -2.33. The number of nitrogens with zero attached hydrogens (tertiary/aromatic N) is 6. The van der Waals surface area contributed by atoms with Crippen molar-refractivity contribution < 1.29 is 4.21 Å². The fourth-order valence-corrected chi connectivity index (χ4v) is 5.71. The molecule has 2 N–H and O–H groups in total. The first kappa shape index (κ1) is 24.4. The van der Waals surface area contributed by atoms with Gasteiger partial charge in [-0.2, -0.15) is 14.6 Å². The normalized spacial score (nSPS) is 17.1. The van der Waals surface area contributed by atoms with Crippen molar-refractivity contribution in [2.24, 2.45) is 4.36 Å². The average molecular weight is 523 g/mol. The summed E-state index contributed by atoms with van der Waals surface area (Å²) in [6, 6.07) is 9.74. The van der Waals surface area contributed by atoms with Crippen LogP contribution in [0.2, 0.25) is 5.02 Å². The number of aromatic nitrogens is 3. The molecule has 9 nitrogen and oxygen atoms in total. The summed E-state index contributed by atoms with van der Waals surface area (Å²) >= 11 is 6.18. The third kappa shape index (κ3) is 5.28. The van der Waals surface area contributed by atoms with Crippen molar-refractivity contribution in [2.45, 2.75) is 31.7 Å². The molecule has 0 radical (unpaired) electrons. The molecule has 186 valence electrons. The van der Waals surface area contributed by atoms with Crippen LogP contribution in [0.4, 0.5) is 29.1 Å². The van der Waals surface area contributed by atoms with Crippen molar-refractivity contribution in [3.05, 3.63) is 57.7 Å². The lowest BCUT2D eigenvalue weighted by Gasteiger charge is -2.37. The molecule has 1 aromatic carbocycles. The molecule has 3 heterocycles. The van der Waals surface area contributed by atoms with Gasteiger partial charge in [0.05, 0.1) is 11.2 Å². The van der Waals surface area contributed by atoms with Gasteiger partial charge in [-0.05, 0) is 73.2 Å². The van der Waals surface area contributed by atoms with Crippen LogP contribution in [0.5, 0.6) is 0 Å². The Kier molecular flexibility index (Phi) is 6.55. The first-order valence-corrected chi connectivity index (χ1v) is 14.4. The molecule has 0 bridgehead atoms. The average Bonchev–Trinajstić information content (AvgIpc) is 2.80. The van der Waals surface area contributed by atoms with Crippen molar-refractivity contribution in [3.63, 3.8) is 0 Å². The predicted octanol–water partition coefficient (Wildman–Crippen LogP) is 5.11. The van der Waals surface area contributed by atoms with Gasteiger partial charge >= 0.3 is 0 Å². The zero-order valence-corrected chi connectivity index (χ0v) is 21.9. The summed E-state index contributed by atoms with van der Waals surface area (Å²) in [5.74, 6) is 1.80. The number of aryl methyl sites for hydroxylation is 1. The standard InChI is InChI=1S/C25H27ClN8OS/c1-34-13-16-6-4-5-15-9-19(10-17(14-34)22(15)16)29-25-28-12-18(11-27)23(32-25)30-21-8-7-20(26)24(31-21)33-36(2,3)35/h7-10,12,16H,4-6,13-14H2,1-3H3,(H2,28,29,30,31,32). The Morgan fingerprint density at radius 1 is 1.22 bits per heavy atom. The Morgan fingerprint density at radius 3 is 2.81 bits per heavy atom. The van der Waals surface area contributed by atoms with Gasteiger partial charge in [0.1, 0.15) is 17.5 Å². The van der Waals surface area contributed by atoms with Gasteiger partial charge in [0.15, 0.2) is 11.6 Å². The van der Waals surface area contributed by atoms with Gasteiger partial charge < -0.3 is 15.5 Å². The van der Waals surface area contributed by atoms with Gasteiger partial charge in [-0.25, -0.2) is 14.2 Å². The van der Waals surface area contributed by atoms with E-state index in [0.29, 0.717) is 23.5 Å². The van der Waals surface area contributed by atoms with Crippen LogP contribution in [0, 0.1) is 11.3 Å². The predicted molar refractivity (Wildman–Crippen MR) is 143 cm³/mol. The number of anilines is 4. The topological polar surface area (TPSA) is 119 Å². The van der Waals surface area contributed by atoms with Gasteiger partial charge in [0.25, 0.3) is 0 Å². The molecule has 1 aliphatic carbocycles. The second-order valence-electron chi connectivity index (χ2n) is 9.59. The first-order chi connectivity index (χ1) is 17.2. The summed E-state index contributed by atoms with van der Waals surface area (Å²) in [5.41, 5.74) is 5.46. The fourth-order valence-electron chi connectivity index (χ4n) is 4.95. The molecule has 0 saturated heterocycles. The Hall–Kier alpha value is -3.26. The van der Waals surface area contributed by atoms with Crippen LogP contribution in [0.1, 0.15) is 41.0 Å². The van der Waals surface area contributed by atoms with E-state index in [1.54, 1.807) is 12.1 Å². The summed E-state index contributed by atoms with van der Waals surface area (Å²) in [5, 5.41) is 16.3. The highest BCUT2D eigenvalue weighted by molar-refractivity contribution is 7.92. The van der Waals surface area contributed by atoms with Crippen LogP contribution < -0.4 is 10.6 Å². The zero-order chi connectivity index (χ0) is 25.4. The maximum Gasteiger partial charge on any atom is 0.229 e. The highest BCUT2D eigenvalue weighted by atomic mass is 35.5. The summed E-state index contributed by atoms with van der Waals surface area (Å²) < 4.78 is 16.2. The number of pyridine rings is 1. The third-order valence-electron chi connectivity index (χ3n) is 6.28. The SMILES string of the molecule is CN1Cc2cc(Nc3ncc(C#N)c(Nc4ccc(Cl)c(N=S(C)(C)=O)n4)n3)cc3c2C(CCC3)C1. The van der Waals surface area contributed by atoms with Gasteiger partial charge in [-0.15, -0.1) is 0 Å². The lowest BCUT2D eigenvalue weighted by atomic mass is 9.77. The number of halogens is 1. The van der Waals surface area contributed by atoms with E-state index in [9.17, 15) is 9.47 Å². The molecule has 1 aliphatic heterocycles. The number of nitrogens with one attached hydrogen (secondary N) is 2. The van der Waals surface area contributed by atoms with E-state index in [-0.39, 0.29) is 16.4 Å².